The maximum Gasteiger partial charge on any atom is 0.416 e. The molecule has 2 N–H and O–H groups in total. The molecule has 21 heavy (non-hydrogen) atoms. The summed E-state index contributed by atoms with van der Waals surface area (Å²) in [5.74, 6) is -1.10. The van der Waals surface area contributed by atoms with E-state index in [1.165, 1.54) is 12.1 Å². The number of hydrogen-bond donors (Lipinski definition) is 2. The quantitative estimate of drug-likeness (QED) is 0.895. The Morgan fingerprint density at radius 2 is 1.81 bits per heavy atom. The van der Waals surface area contributed by atoms with Gasteiger partial charge in [-0.05, 0) is 37.3 Å². The average Bonchev–Trinajstić information content (AvgIpc) is 2.45. The molecule has 3 nitrogen and oxygen atoms in total. The zero-order chi connectivity index (χ0) is 15.5. The highest BCUT2D eigenvalue weighted by molar-refractivity contribution is 5.70. The summed E-state index contributed by atoms with van der Waals surface area (Å²) in [5.41, 5.74) is -0.387. The number of hydrogen-bond acceptors (Lipinski definition) is 2. The molecule has 0 atom stereocenters. The van der Waals surface area contributed by atoms with Crippen molar-refractivity contribution in [3.8, 4) is 0 Å². The normalized spacial score (nSPS) is 23.0. The molecule has 0 amide bonds. The van der Waals surface area contributed by atoms with Crippen molar-refractivity contribution < 1.29 is 23.1 Å². The van der Waals surface area contributed by atoms with Crippen molar-refractivity contribution in [3.63, 3.8) is 0 Å². The van der Waals surface area contributed by atoms with Crippen molar-refractivity contribution in [2.45, 2.75) is 44.4 Å². The van der Waals surface area contributed by atoms with Crippen molar-refractivity contribution in [1.82, 2.24) is 5.32 Å². The maximum absolute atomic E-state index is 12.9. The van der Waals surface area contributed by atoms with Crippen LogP contribution < -0.4 is 5.32 Å². The molecule has 6 heteroatoms. The second-order valence-electron chi connectivity index (χ2n) is 5.42. The first-order valence-corrected chi connectivity index (χ1v) is 6.99. The molecule has 0 aromatic heterocycles. The predicted octanol–water partition coefficient (Wildman–Crippen LogP) is 3.44. The molecule has 0 aliphatic heterocycles. The molecule has 116 valence electrons. The number of rotatable bonds is 4. The van der Waals surface area contributed by atoms with E-state index in [4.69, 9.17) is 5.11 Å². The van der Waals surface area contributed by atoms with E-state index in [9.17, 15) is 18.0 Å². The minimum Gasteiger partial charge on any atom is -0.481 e. The summed E-state index contributed by atoms with van der Waals surface area (Å²) in [5, 5.41) is 12.0. The molecule has 0 radical (unpaired) electrons. The molecule has 0 heterocycles. The van der Waals surface area contributed by atoms with Gasteiger partial charge in [0.15, 0.2) is 0 Å². The van der Waals surface area contributed by atoms with Crippen molar-refractivity contribution in [2.75, 3.05) is 0 Å². The lowest BCUT2D eigenvalue weighted by molar-refractivity contribution is -0.143. The fourth-order valence-electron chi connectivity index (χ4n) is 2.75. The third-order valence-corrected chi connectivity index (χ3v) is 3.98. The van der Waals surface area contributed by atoms with Gasteiger partial charge in [-0.3, -0.25) is 4.79 Å². The van der Waals surface area contributed by atoms with E-state index in [0.717, 1.165) is 6.07 Å². The van der Waals surface area contributed by atoms with Crippen LogP contribution >= 0.6 is 0 Å². The molecule has 0 saturated heterocycles. The first-order valence-electron chi connectivity index (χ1n) is 6.99. The van der Waals surface area contributed by atoms with E-state index in [1.54, 1.807) is 6.07 Å². The van der Waals surface area contributed by atoms with Crippen LogP contribution in [0.3, 0.4) is 0 Å². The second kappa shape index (κ2) is 6.47. The van der Waals surface area contributed by atoms with Gasteiger partial charge >= 0.3 is 12.1 Å². The van der Waals surface area contributed by atoms with Crippen LogP contribution in [-0.4, -0.2) is 17.1 Å². The van der Waals surface area contributed by atoms with Crippen LogP contribution in [0.2, 0.25) is 0 Å². The number of carboxylic acid groups (broad SMARTS) is 1. The van der Waals surface area contributed by atoms with Gasteiger partial charge in [0.2, 0.25) is 0 Å². The molecule has 0 unspecified atom stereocenters. The van der Waals surface area contributed by atoms with Crippen molar-refractivity contribution in [1.29, 1.82) is 0 Å². The number of nitrogens with one attached hydrogen (secondary N) is 1. The van der Waals surface area contributed by atoms with Crippen LogP contribution in [0.4, 0.5) is 13.2 Å². The summed E-state index contributed by atoms with van der Waals surface area (Å²) >= 11 is 0. The SMILES string of the molecule is O=C(O)C1CCC(NCc2ccccc2C(F)(F)F)CC1. The fourth-order valence-corrected chi connectivity index (χ4v) is 2.75. The van der Waals surface area contributed by atoms with Gasteiger partial charge in [0, 0.05) is 12.6 Å². The molecule has 1 fully saturated rings. The van der Waals surface area contributed by atoms with Crippen LogP contribution in [0.1, 0.15) is 36.8 Å². The number of aliphatic carboxylic acids is 1. The summed E-state index contributed by atoms with van der Waals surface area (Å²) in [4.78, 5) is 10.8. The van der Waals surface area contributed by atoms with Gasteiger partial charge in [0.25, 0.3) is 0 Å². The highest BCUT2D eigenvalue weighted by atomic mass is 19.4. The van der Waals surface area contributed by atoms with Gasteiger partial charge in [0.05, 0.1) is 11.5 Å². The average molecular weight is 301 g/mol. The van der Waals surface area contributed by atoms with Crippen LogP contribution in [0.15, 0.2) is 24.3 Å². The maximum atomic E-state index is 12.9. The van der Waals surface area contributed by atoms with Crippen LogP contribution in [0, 0.1) is 5.92 Å². The Morgan fingerprint density at radius 3 is 2.38 bits per heavy atom. The molecule has 1 aliphatic carbocycles. The summed E-state index contributed by atoms with van der Waals surface area (Å²) in [6.07, 6.45) is -1.82. The minimum absolute atomic E-state index is 0.0851. The number of alkyl halides is 3. The zero-order valence-electron chi connectivity index (χ0n) is 11.5. The topological polar surface area (TPSA) is 49.3 Å². The molecule has 1 aromatic rings. The first kappa shape index (κ1) is 15.8. The van der Waals surface area contributed by atoms with E-state index in [2.05, 4.69) is 5.32 Å². The molecule has 0 bridgehead atoms. The second-order valence-corrected chi connectivity index (χ2v) is 5.42. The summed E-state index contributed by atoms with van der Waals surface area (Å²) in [7, 11) is 0. The Kier molecular flexibility index (Phi) is 4.88. The lowest BCUT2D eigenvalue weighted by atomic mass is 9.86. The summed E-state index contributed by atoms with van der Waals surface area (Å²) < 4.78 is 38.6. The third-order valence-electron chi connectivity index (χ3n) is 3.98. The minimum atomic E-state index is -4.35. The fraction of sp³-hybridized carbons (Fsp3) is 0.533. The van der Waals surface area contributed by atoms with Gasteiger partial charge < -0.3 is 10.4 Å². The Labute approximate surface area is 121 Å². The Morgan fingerprint density at radius 1 is 1.19 bits per heavy atom. The summed E-state index contributed by atoms with van der Waals surface area (Å²) in [6, 6.07) is 5.61. The van der Waals surface area contributed by atoms with Gasteiger partial charge in [-0.15, -0.1) is 0 Å². The standard InChI is InChI=1S/C15H18F3NO2/c16-15(17,18)13-4-2-1-3-11(13)9-19-12-7-5-10(6-8-12)14(20)21/h1-4,10,12,19H,5-9H2,(H,20,21). The van der Waals surface area contributed by atoms with Crippen LogP contribution in [0.5, 0.6) is 0 Å². The number of carboxylic acids is 1. The monoisotopic (exact) mass is 301 g/mol. The van der Waals surface area contributed by atoms with Crippen molar-refractivity contribution in [3.05, 3.63) is 35.4 Å². The van der Waals surface area contributed by atoms with E-state index in [-0.39, 0.29) is 24.1 Å². The van der Waals surface area contributed by atoms with E-state index in [0.29, 0.717) is 25.7 Å². The number of benzene rings is 1. The lowest BCUT2D eigenvalue weighted by Gasteiger charge is -2.27. The van der Waals surface area contributed by atoms with Gasteiger partial charge in [-0.2, -0.15) is 13.2 Å². The molecule has 1 saturated carbocycles. The highest BCUT2D eigenvalue weighted by Crippen LogP contribution is 2.32. The molecule has 2 rings (SSSR count). The Hall–Kier alpha value is -1.56. The van der Waals surface area contributed by atoms with Gasteiger partial charge in [-0.1, -0.05) is 18.2 Å². The van der Waals surface area contributed by atoms with Gasteiger partial charge in [0.1, 0.15) is 0 Å². The van der Waals surface area contributed by atoms with Crippen molar-refractivity contribution >= 4 is 5.97 Å². The Bertz CT molecular complexity index is 494. The largest absolute Gasteiger partial charge is 0.481 e. The zero-order valence-corrected chi connectivity index (χ0v) is 11.5. The lowest BCUT2D eigenvalue weighted by Crippen LogP contribution is -2.35. The highest BCUT2D eigenvalue weighted by Gasteiger charge is 2.33. The number of carbonyl (C=O) groups is 1. The van der Waals surface area contributed by atoms with Gasteiger partial charge in [-0.25, -0.2) is 0 Å². The van der Waals surface area contributed by atoms with E-state index in [1.807, 2.05) is 0 Å². The van der Waals surface area contributed by atoms with Crippen molar-refractivity contribution in [2.24, 2.45) is 5.92 Å². The molecular formula is C15H18F3NO2. The summed E-state index contributed by atoms with van der Waals surface area (Å²) in [6.45, 7) is 0.151. The van der Waals surface area contributed by atoms with Crippen LogP contribution in [-0.2, 0) is 17.5 Å². The molecular weight excluding hydrogens is 283 g/mol. The molecule has 1 aromatic carbocycles. The smallest absolute Gasteiger partial charge is 0.416 e. The molecule has 0 spiro atoms. The van der Waals surface area contributed by atoms with Crippen LogP contribution in [0.25, 0.3) is 0 Å². The Balaban J connectivity index is 1.91. The first-order chi connectivity index (χ1) is 9.88. The number of halogens is 3. The predicted molar refractivity (Wildman–Crippen MR) is 71.7 cm³/mol. The van der Waals surface area contributed by atoms with E-state index < -0.39 is 17.7 Å². The van der Waals surface area contributed by atoms with E-state index >= 15 is 0 Å². The molecule has 1 aliphatic rings. The third kappa shape index (κ3) is 4.20.